The Balaban J connectivity index is 3.29. The van der Waals surface area contributed by atoms with E-state index in [1.807, 2.05) is 20.8 Å². The molecule has 1 N–H and O–H groups in total. The van der Waals surface area contributed by atoms with Gasteiger partial charge in [0.25, 0.3) is 0 Å². The second kappa shape index (κ2) is 4.05. The molecule has 0 bridgehead atoms. The van der Waals surface area contributed by atoms with Crippen molar-refractivity contribution < 1.29 is 13.5 Å². The van der Waals surface area contributed by atoms with E-state index in [0.29, 0.717) is 6.61 Å². The number of hydrogen-bond donors (Lipinski definition) is 1. The van der Waals surface area contributed by atoms with Gasteiger partial charge in [0.15, 0.2) is 11.1 Å². The molecule has 10 heavy (non-hydrogen) atoms. The van der Waals surface area contributed by atoms with Gasteiger partial charge < -0.3 is 9.29 Å². The Hall–Kier alpha value is 0.0700. The van der Waals surface area contributed by atoms with Crippen molar-refractivity contribution in [2.24, 2.45) is 0 Å². The fraction of sp³-hybridized carbons (Fsp3) is 1.00. The SMILES string of the molecule is CC(C)(C)OCCS(=O)O. The molecule has 0 aliphatic heterocycles. The highest BCUT2D eigenvalue weighted by Crippen LogP contribution is 2.05. The van der Waals surface area contributed by atoms with E-state index in [-0.39, 0.29) is 11.4 Å². The molecule has 0 aromatic carbocycles. The molecule has 0 aromatic heterocycles. The van der Waals surface area contributed by atoms with E-state index in [9.17, 15) is 4.21 Å². The lowest BCUT2D eigenvalue weighted by Gasteiger charge is -2.18. The Kier molecular flexibility index (Phi) is 4.08. The number of ether oxygens (including phenoxy) is 1. The molecule has 0 radical (unpaired) electrons. The second-order valence-corrected chi connectivity index (χ2v) is 4.04. The van der Waals surface area contributed by atoms with Crippen LogP contribution in [0.5, 0.6) is 0 Å². The zero-order valence-electron chi connectivity index (χ0n) is 6.59. The monoisotopic (exact) mass is 166 g/mol. The van der Waals surface area contributed by atoms with Gasteiger partial charge in [-0.1, -0.05) is 0 Å². The molecule has 0 aliphatic rings. The molecule has 0 aliphatic carbocycles. The van der Waals surface area contributed by atoms with Crippen LogP contribution in [0.3, 0.4) is 0 Å². The van der Waals surface area contributed by atoms with Gasteiger partial charge in [-0.05, 0) is 20.8 Å². The number of hydrogen-bond acceptors (Lipinski definition) is 2. The fourth-order valence-corrected chi connectivity index (χ4v) is 0.645. The van der Waals surface area contributed by atoms with E-state index in [1.54, 1.807) is 0 Å². The van der Waals surface area contributed by atoms with Gasteiger partial charge in [-0.2, -0.15) is 0 Å². The van der Waals surface area contributed by atoms with Crippen LogP contribution < -0.4 is 0 Å². The van der Waals surface area contributed by atoms with Gasteiger partial charge in [-0.25, -0.2) is 4.21 Å². The van der Waals surface area contributed by atoms with E-state index >= 15 is 0 Å². The van der Waals surface area contributed by atoms with Gasteiger partial charge in [0.2, 0.25) is 0 Å². The van der Waals surface area contributed by atoms with Gasteiger partial charge >= 0.3 is 0 Å². The Morgan fingerprint density at radius 2 is 2.00 bits per heavy atom. The first-order chi connectivity index (χ1) is 4.42. The zero-order valence-corrected chi connectivity index (χ0v) is 7.40. The topological polar surface area (TPSA) is 46.5 Å². The number of rotatable bonds is 3. The summed E-state index contributed by atoms with van der Waals surface area (Å²) in [6.45, 7) is 6.07. The van der Waals surface area contributed by atoms with Crippen LogP contribution in [-0.4, -0.2) is 26.7 Å². The lowest BCUT2D eigenvalue weighted by Crippen LogP contribution is -2.22. The molecule has 0 fully saturated rings. The van der Waals surface area contributed by atoms with Crippen LogP contribution >= 0.6 is 0 Å². The van der Waals surface area contributed by atoms with Crippen LogP contribution in [0.2, 0.25) is 0 Å². The summed E-state index contributed by atoms with van der Waals surface area (Å²) in [5.74, 6) is 0.192. The quantitative estimate of drug-likeness (QED) is 0.637. The van der Waals surface area contributed by atoms with Gasteiger partial charge in [0.1, 0.15) is 0 Å². The third-order valence-corrected chi connectivity index (χ3v) is 1.31. The highest BCUT2D eigenvalue weighted by Gasteiger charge is 2.09. The molecule has 0 aromatic rings. The largest absolute Gasteiger partial charge is 0.375 e. The Morgan fingerprint density at radius 3 is 2.30 bits per heavy atom. The minimum Gasteiger partial charge on any atom is -0.375 e. The fourth-order valence-electron chi connectivity index (χ4n) is 0.419. The van der Waals surface area contributed by atoms with Crippen LogP contribution in [0.15, 0.2) is 0 Å². The summed E-state index contributed by atoms with van der Waals surface area (Å²) in [5.41, 5.74) is -0.209. The smallest absolute Gasteiger partial charge is 0.155 e. The van der Waals surface area contributed by atoms with Gasteiger partial charge in [0.05, 0.1) is 18.0 Å². The summed E-state index contributed by atoms with van der Waals surface area (Å²) in [4.78, 5) is 0. The van der Waals surface area contributed by atoms with Crippen molar-refractivity contribution in [2.45, 2.75) is 26.4 Å². The van der Waals surface area contributed by atoms with Crippen molar-refractivity contribution in [3.63, 3.8) is 0 Å². The molecule has 0 saturated heterocycles. The molecule has 3 nitrogen and oxygen atoms in total. The van der Waals surface area contributed by atoms with Crippen molar-refractivity contribution >= 4 is 11.1 Å². The summed E-state index contributed by atoms with van der Waals surface area (Å²) in [7, 11) is 0. The summed E-state index contributed by atoms with van der Waals surface area (Å²) in [6.07, 6.45) is 0. The van der Waals surface area contributed by atoms with Crippen molar-refractivity contribution in [2.75, 3.05) is 12.4 Å². The van der Waals surface area contributed by atoms with E-state index in [1.165, 1.54) is 0 Å². The van der Waals surface area contributed by atoms with Crippen LogP contribution in [0.25, 0.3) is 0 Å². The second-order valence-electron chi connectivity index (χ2n) is 2.99. The molecule has 0 rings (SSSR count). The average molecular weight is 166 g/mol. The molecular weight excluding hydrogens is 152 g/mol. The lowest BCUT2D eigenvalue weighted by atomic mass is 10.2. The summed E-state index contributed by atoms with van der Waals surface area (Å²) >= 11 is -1.73. The molecule has 0 heterocycles. The van der Waals surface area contributed by atoms with Crippen molar-refractivity contribution in [3.05, 3.63) is 0 Å². The first kappa shape index (κ1) is 10.1. The standard InChI is InChI=1S/C6H14O3S/c1-6(2,3)9-4-5-10(7)8/h4-5H2,1-3H3,(H,7,8). The van der Waals surface area contributed by atoms with Gasteiger partial charge in [0, 0.05) is 0 Å². The zero-order chi connectivity index (χ0) is 8.20. The summed E-state index contributed by atoms with van der Waals surface area (Å²) in [5, 5.41) is 0. The first-order valence-corrected chi connectivity index (χ1v) is 4.41. The normalized spacial score (nSPS) is 15.2. The van der Waals surface area contributed by atoms with Gasteiger partial charge in [-0.15, -0.1) is 0 Å². The van der Waals surface area contributed by atoms with Crippen LogP contribution in [0.4, 0.5) is 0 Å². The first-order valence-electron chi connectivity index (χ1n) is 3.13. The molecule has 1 unspecified atom stereocenters. The molecule has 0 saturated carbocycles. The maximum atomic E-state index is 10.1. The van der Waals surface area contributed by atoms with Crippen LogP contribution in [0.1, 0.15) is 20.8 Å². The molecule has 4 heteroatoms. The maximum Gasteiger partial charge on any atom is 0.155 e. The van der Waals surface area contributed by atoms with Gasteiger partial charge in [-0.3, -0.25) is 0 Å². The van der Waals surface area contributed by atoms with E-state index in [4.69, 9.17) is 9.29 Å². The molecule has 62 valence electrons. The van der Waals surface area contributed by atoms with Crippen LogP contribution in [0, 0.1) is 0 Å². The van der Waals surface area contributed by atoms with E-state index in [0.717, 1.165) is 0 Å². The van der Waals surface area contributed by atoms with E-state index < -0.39 is 11.1 Å². The summed E-state index contributed by atoms with van der Waals surface area (Å²) in [6, 6.07) is 0. The summed E-state index contributed by atoms with van der Waals surface area (Å²) < 4.78 is 23.6. The molecule has 0 amide bonds. The molecule has 0 spiro atoms. The highest BCUT2D eigenvalue weighted by atomic mass is 32.2. The predicted molar refractivity (Wildman–Crippen MR) is 41.3 cm³/mol. The minimum atomic E-state index is -1.73. The predicted octanol–water partition coefficient (Wildman–Crippen LogP) is 1.02. The molecular formula is C6H14O3S. The Bertz CT molecular complexity index is 117. The van der Waals surface area contributed by atoms with Crippen molar-refractivity contribution in [1.29, 1.82) is 0 Å². The van der Waals surface area contributed by atoms with E-state index in [2.05, 4.69) is 0 Å². The molecule has 1 atom stereocenters. The lowest BCUT2D eigenvalue weighted by molar-refractivity contribution is 0.00639. The maximum absolute atomic E-state index is 10.1. The Labute approximate surface area is 64.1 Å². The average Bonchev–Trinajstić information content (AvgIpc) is 1.59. The van der Waals surface area contributed by atoms with Crippen molar-refractivity contribution in [3.8, 4) is 0 Å². The highest BCUT2D eigenvalue weighted by molar-refractivity contribution is 7.79. The van der Waals surface area contributed by atoms with Crippen LogP contribution in [-0.2, 0) is 15.8 Å². The Morgan fingerprint density at radius 1 is 1.50 bits per heavy atom. The third-order valence-electron chi connectivity index (χ3n) is 0.793. The third kappa shape index (κ3) is 8.07. The van der Waals surface area contributed by atoms with Crippen molar-refractivity contribution in [1.82, 2.24) is 0 Å². The minimum absolute atomic E-state index is 0.192.